The maximum Gasteiger partial charge on any atom is 0.303 e. The van der Waals surface area contributed by atoms with Crippen LogP contribution >= 0.6 is 0 Å². The number of aryl methyl sites for hydroxylation is 1. The average molecular weight is 375 g/mol. The summed E-state index contributed by atoms with van der Waals surface area (Å²) in [5, 5.41) is 8.75. The second-order valence-corrected chi connectivity index (χ2v) is 8.67. The number of carbonyl (C=O) groups is 1. The molecule has 154 valence electrons. The third-order valence-electron chi connectivity index (χ3n) is 5.58. The van der Waals surface area contributed by atoms with Crippen molar-refractivity contribution in [1.29, 1.82) is 0 Å². The van der Waals surface area contributed by atoms with Gasteiger partial charge in [0.05, 0.1) is 0 Å². The highest BCUT2D eigenvalue weighted by molar-refractivity contribution is 5.66. The van der Waals surface area contributed by atoms with Crippen LogP contribution in [0.15, 0.2) is 24.3 Å². The normalized spacial score (nSPS) is 12.4. The number of aliphatic carboxylic acids is 1. The highest BCUT2D eigenvalue weighted by atomic mass is 16.4. The van der Waals surface area contributed by atoms with Crippen molar-refractivity contribution >= 4 is 5.97 Å². The zero-order chi connectivity index (χ0) is 19.9. The third kappa shape index (κ3) is 12.7. The largest absolute Gasteiger partial charge is 0.481 e. The number of carboxylic acids is 1. The summed E-state index contributed by atoms with van der Waals surface area (Å²) in [7, 11) is 0. The van der Waals surface area contributed by atoms with Gasteiger partial charge in [-0.2, -0.15) is 0 Å². The van der Waals surface area contributed by atoms with Gasteiger partial charge < -0.3 is 5.11 Å². The minimum absolute atomic E-state index is 0.323. The smallest absolute Gasteiger partial charge is 0.303 e. The third-order valence-corrected chi connectivity index (χ3v) is 5.58. The number of unbranched alkanes of at least 4 members (excludes halogenated alkanes) is 9. The standard InChI is InChI=1S/C25H42O2/c1-21(2)24-18-16-23(17-19-24)15-13-11-9-7-5-4-6-8-10-12-14-22(3)20-25(26)27/h16-19,21-22H,4-15,20H2,1-3H3,(H,26,27). The van der Waals surface area contributed by atoms with Gasteiger partial charge in [-0.1, -0.05) is 109 Å². The Bertz CT molecular complexity index is 490. The number of rotatable bonds is 16. The molecular weight excluding hydrogens is 332 g/mol. The van der Waals surface area contributed by atoms with Crippen molar-refractivity contribution in [3.63, 3.8) is 0 Å². The molecule has 1 rings (SSSR count). The number of hydrogen-bond acceptors (Lipinski definition) is 1. The maximum absolute atomic E-state index is 10.6. The number of carboxylic acid groups (broad SMARTS) is 1. The van der Waals surface area contributed by atoms with Crippen molar-refractivity contribution in [3.8, 4) is 0 Å². The van der Waals surface area contributed by atoms with E-state index >= 15 is 0 Å². The molecule has 1 atom stereocenters. The molecule has 1 aromatic carbocycles. The van der Waals surface area contributed by atoms with Crippen molar-refractivity contribution < 1.29 is 9.90 Å². The van der Waals surface area contributed by atoms with Gasteiger partial charge in [-0.3, -0.25) is 4.79 Å². The van der Waals surface area contributed by atoms with E-state index in [0.717, 1.165) is 6.42 Å². The van der Waals surface area contributed by atoms with Crippen molar-refractivity contribution in [2.45, 2.75) is 110 Å². The predicted octanol–water partition coefficient (Wildman–Crippen LogP) is 7.75. The molecule has 0 radical (unpaired) electrons. The van der Waals surface area contributed by atoms with E-state index in [0.29, 0.717) is 18.3 Å². The van der Waals surface area contributed by atoms with Gasteiger partial charge in [-0.15, -0.1) is 0 Å². The lowest BCUT2D eigenvalue weighted by Crippen LogP contribution is -2.03. The number of hydrogen-bond donors (Lipinski definition) is 1. The molecule has 1 unspecified atom stereocenters. The molecule has 0 aliphatic heterocycles. The van der Waals surface area contributed by atoms with Gasteiger partial charge >= 0.3 is 5.97 Å². The fourth-order valence-corrected chi connectivity index (χ4v) is 3.71. The molecule has 27 heavy (non-hydrogen) atoms. The molecule has 1 N–H and O–H groups in total. The Morgan fingerprint density at radius 1 is 0.778 bits per heavy atom. The van der Waals surface area contributed by atoms with Crippen LogP contribution in [0.1, 0.15) is 115 Å². The van der Waals surface area contributed by atoms with Crippen LogP contribution in [0.3, 0.4) is 0 Å². The molecule has 2 heteroatoms. The summed E-state index contributed by atoms with van der Waals surface area (Å²) in [5.74, 6) is 0.293. The Morgan fingerprint density at radius 2 is 1.26 bits per heavy atom. The molecule has 0 aromatic heterocycles. The van der Waals surface area contributed by atoms with Crippen LogP contribution in [-0.2, 0) is 11.2 Å². The van der Waals surface area contributed by atoms with Gasteiger partial charge in [0.25, 0.3) is 0 Å². The molecule has 0 aliphatic rings. The lowest BCUT2D eigenvalue weighted by molar-refractivity contribution is -0.138. The van der Waals surface area contributed by atoms with Gasteiger partial charge in [0, 0.05) is 6.42 Å². The van der Waals surface area contributed by atoms with Crippen molar-refractivity contribution in [2.24, 2.45) is 5.92 Å². The molecule has 0 saturated carbocycles. The molecule has 0 aliphatic carbocycles. The van der Waals surface area contributed by atoms with Crippen molar-refractivity contribution in [1.82, 2.24) is 0 Å². The zero-order valence-electron chi connectivity index (χ0n) is 18.0. The average Bonchev–Trinajstić information content (AvgIpc) is 2.62. The number of benzene rings is 1. The van der Waals surface area contributed by atoms with Gasteiger partial charge in [0.2, 0.25) is 0 Å². The van der Waals surface area contributed by atoms with E-state index in [-0.39, 0.29) is 0 Å². The van der Waals surface area contributed by atoms with Gasteiger partial charge in [0.15, 0.2) is 0 Å². The Hall–Kier alpha value is -1.31. The van der Waals surface area contributed by atoms with Crippen molar-refractivity contribution in [2.75, 3.05) is 0 Å². The molecule has 0 spiro atoms. The van der Waals surface area contributed by atoms with Crippen LogP contribution in [0, 0.1) is 5.92 Å². The molecule has 0 heterocycles. The molecule has 0 amide bonds. The van der Waals surface area contributed by atoms with E-state index in [1.807, 2.05) is 0 Å². The first-order chi connectivity index (χ1) is 13.0. The Kier molecular flexibility index (Phi) is 12.9. The quantitative estimate of drug-likeness (QED) is 0.300. The fourth-order valence-electron chi connectivity index (χ4n) is 3.71. The summed E-state index contributed by atoms with van der Waals surface area (Å²) >= 11 is 0. The van der Waals surface area contributed by atoms with E-state index in [4.69, 9.17) is 5.11 Å². The lowest BCUT2D eigenvalue weighted by Gasteiger charge is -2.08. The van der Waals surface area contributed by atoms with Crippen LogP contribution in [0.2, 0.25) is 0 Å². The minimum Gasteiger partial charge on any atom is -0.481 e. The van der Waals surface area contributed by atoms with Gasteiger partial charge in [-0.25, -0.2) is 0 Å². The Morgan fingerprint density at radius 3 is 1.74 bits per heavy atom. The van der Waals surface area contributed by atoms with Crippen LogP contribution in [-0.4, -0.2) is 11.1 Å². The molecular formula is C25H42O2. The highest BCUT2D eigenvalue weighted by Crippen LogP contribution is 2.17. The maximum atomic E-state index is 10.6. The van der Waals surface area contributed by atoms with Gasteiger partial charge in [-0.05, 0) is 35.8 Å². The highest BCUT2D eigenvalue weighted by Gasteiger charge is 2.06. The molecule has 0 fully saturated rings. The van der Waals surface area contributed by atoms with E-state index in [9.17, 15) is 4.79 Å². The molecule has 1 aromatic rings. The Balaban J connectivity index is 1.87. The van der Waals surface area contributed by atoms with E-state index < -0.39 is 5.97 Å². The lowest BCUT2D eigenvalue weighted by atomic mass is 9.98. The summed E-state index contributed by atoms with van der Waals surface area (Å²) in [4.78, 5) is 10.6. The fraction of sp³-hybridized carbons (Fsp3) is 0.720. The topological polar surface area (TPSA) is 37.3 Å². The van der Waals surface area contributed by atoms with Crippen LogP contribution in [0.4, 0.5) is 0 Å². The summed E-state index contributed by atoms with van der Waals surface area (Å²) < 4.78 is 0. The van der Waals surface area contributed by atoms with Crippen LogP contribution in [0.25, 0.3) is 0 Å². The first-order valence-electron chi connectivity index (χ1n) is 11.3. The minimum atomic E-state index is -0.661. The zero-order valence-corrected chi connectivity index (χ0v) is 18.0. The van der Waals surface area contributed by atoms with E-state index in [1.165, 1.54) is 81.8 Å². The predicted molar refractivity (Wildman–Crippen MR) is 116 cm³/mol. The second-order valence-electron chi connectivity index (χ2n) is 8.67. The van der Waals surface area contributed by atoms with E-state index in [1.54, 1.807) is 0 Å². The first-order valence-corrected chi connectivity index (χ1v) is 11.3. The second kappa shape index (κ2) is 14.7. The monoisotopic (exact) mass is 374 g/mol. The SMILES string of the molecule is CC(CCCCCCCCCCCCc1ccc(C(C)C)cc1)CC(=O)O. The summed E-state index contributed by atoms with van der Waals surface area (Å²) in [6, 6.07) is 9.18. The van der Waals surface area contributed by atoms with E-state index in [2.05, 4.69) is 45.0 Å². The van der Waals surface area contributed by atoms with Crippen LogP contribution in [0.5, 0.6) is 0 Å². The molecule has 0 saturated heterocycles. The summed E-state index contributed by atoms with van der Waals surface area (Å²) in [6.07, 6.45) is 15.9. The molecule has 2 nitrogen and oxygen atoms in total. The first kappa shape index (κ1) is 23.7. The Labute approximate surface area is 167 Å². The van der Waals surface area contributed by atoms with Crippen molar-refractivity contribution in [3.05, 3.63) is 35.4 Å². The molecule has 0 bridgehead atoms. The van der Waals surface area contributed by atoms with Crippen LogP contribution < -0.4 is 0 Å². The van der Waals surface area contributed by atoms with Gasteiger partial charge in [0.1, 0.15) is 0 Å². The summed E-state index contributed by atoms with van der Waals surface area (Å²) in [5.41, 5.74) is 2.92. The summed E-state index contributed by atoms with van der Waals surface area (Å²) in [6.45, 7) is 6.55.